The van der Waals surface area contributed by atoms with Crippen molar-refractivity contribution in [2.75, 3.05) is 19.7 Å². The van der Waals surface area contributed by atoms with Gasteiger partial charge in [0.1, 0.15) is 5.60 Å². The van der Waals surface area contributed by atoms with Crippen LogP contribution in [0.2, 0.25) is 0 Å². The van der Waals surface area contributed by atoms with Gasteiger partial charge in [0.05, 0.1) is 17.8 Å². The zero-order valence-electron chi connectivity index (χ0n) is 16.9. The molecule has 1 aromatic heterocycles. The van der Waals surface area contributed by atoms with Crippen LogP contribution in [0.1, 0.15) is 65.0 Å². The SMILES string of the molecule is CCO[C@@H]1C[C@H](c2ccncc2)OC2(CCN(C(=O)OC(C)(C)C)CC2)C1. The van der Waals surface area contributed by atoms with Gasteiger partial charge in [0.25, 0.3) is 0 Å². The van der Waals surface area contributed by atoms with E-state index >= 15 is 0 Å². The van der Waals surface area contributed by atoms with E-state index in [0.717, 1.165) is 31.2 Å². The summed E-state index contributed by atoms with van der Waals surface area (Å²) in [6, 6.07) is 4.03. The number of rotatable bonds is 3. The first kappa shape index (κ1) is 20.1. The smallest absolute Gasteiger partial charge is 0.410 e. The van der Waals surface area contributed by atoms with E-state index in [-0.39, 0.29) is 23.9 Å². The van der Waals surface area contributed by atoms with Gasteiger partial charge in [-0.2, -0.15) is 0 Å². The molecule has 3 heterocycles. The standard InChI is InChI=1S/C21H32N2O4/c1-5-25-17-14-18(16-6-10-22-11-7-16)26-21(15-17)8-12-23(13-9-21)19(24)27-20(2,3)4/h6-7,10-11,17-18H,5,8-9,12-15H2,1-4H3/t17-,18-/m1/s1. The molecule has 2 aliphatic heterocycles. The van der Waals surface area contributed by atoms with Gasteiger partial charge in [-0.05, 0) is 58.2 Å². The van der Waals surface area contributed by atoms with Crippen molar-refractivity contribution in [3.63, 3.8) is 0 Å². The Balaban J connectivity index is 1.68. The van der Waals surface area contributed by atoms with Gasteiger partial charge < -0.3 is 19.1 Å². The molecule has 150 valence electrons. The summed E-state index contributed by atoms with van der Waals surface area (Å²) in [6.07, 6.45) is 6.90. The first-order chi connectivity index (χ1) is 12.8. The highest BCUT2D eigenvalue weighted by Crippen LogP contribution is 2.43. The molecule has 6 heteroatoms. The number of hydrogen-bond acceptors (Lipinski definition) is 5. The van der Waals surface area contributed by atoms with E-state index in [0.29, 0.717) is 19.7 Å². The van der Waals surface area contributed by atoms with Crippen molar-refractivity contribution in [2.24, 2.45) is 0 Å². The minimum atomic E-state index is -0.472. The van der Waals surface area contributed by atoms with E-state index in [4.69, 9.17) is 14.2 Å². The van der Waals surface area contributed by atoms with Crippen LogP contribution in [0.3, 0.4) is 0 Å². The van der Waals surface area contributed by atoms with Gasteiger partial charge >= 0.3 is 6.09 Å². The number of hydrogen-bond donors (Lipinski definition) is 0. The predicted octanol–water partition coefficient (Wildman–Crippen LogP) is 4.11. The summed E-state index contributed by atoms with van der Waals surface area (Å²) in [5.41, 5.74) is 0.424. The van der Waals surface area contributed by atoms with Crippen molar-refractivity contribution in [3.05, 3.63) is 30.1 Å². The van der Waals surface area contributed by atoms with E-state index < -0.39 is 5.60 Å². The Bertz CT molecular complexity index is 621. The number of piperidine rings is 1. The van der Waals surface area contributed by atoms with E-state index in [9.17, 15) is 4.79 Å². The summed E-state index contributed by atoms with van der Waals surface area (Å²) in [6.45, 7) is 9.72. The molecule has 1 spiro atoms. The fourth-order valence-corrected chi connectivity index (χ4v) is 4.03. The summed E-state index contributed by atoms with van der Waals surface area (Å²) in [7, 11) is 0. The van der Waals surface area contributed by atoms with Gasteiger partial charge in [0, 0.05) is 44.9 Å². The average molecular weight is 376 g/mol. The van der Waals surface area contributed by atoms with E-state index in [1.165, 1.54) is 0 Å². The number of nitrogens with zero attached hydrogens (tertiary/aromatic N) is 2. The molecule has 6 nitrogen and oxygen atoms in total. The number of pyridine rings is 1. The van der Waals surface area contributed by atoms with Crippen LogP contribution < -0.4 is 0 Å². The number of aromatic nitrogens is 1. The molecule has 0 aliphatic carbocycles. The molecule has 0 N–H and O–H groups in total. The Labute approximate surface area is 162 Å². The maximum Gasteiger partial charge on any atom is 0.410 e. The van der Waals surface area contributed by atoms with Gasteiger partial charge in [-0.25, -0.2) is 4.79 Å². The van der Waals surface area contributed by atoms with Crippen LogP contribution in [-0.4, -0.2) is 53.0 Å². The number of amides is 1. The molecule has 0 saturated carbocycles. The molecule has 27 heavy (non-hydrogen) atoms. The van der Waals surface area contributed by atoms with Gasteiger partial charge in [0.15, 0.2) is 0 Å². The molecule has 0 radical (unpaired) electrons. The summed E-state index contributed by atoms with van der Waals surface area (Å²) in [5, 5.41) is 0. The first-order valence-electron chi connectivity index (χ1n) is 9.97. The maximum absolute atomic E-state index is 12.4. The normalized spacial score (nSPS) is 25.4. The lowest BCUT2D eigenvalue weighted by Crippen LogP contribution is -2.53. The summed E-state index contributed by atoms with van der Waals surface area (Å²) in [5.74, 6) is 0. The van der Waals surface area contributed by atoms with Gasteiger partial charge in [-0.3, -0.25) is 4.98 Å². The lowest BCUT2D eigenvalue weighted by atomic mass is 9.81. The summed E-state index contributed by atoms with van der Waals surface area (Å²) in [4.78, 5) is 18.3. The zero-order valence-corrected chi connectivity index (χ0v) is 16.9. The fraction of sp³-hybridized carbons (Fsp3) is 0.714. The monoisotopic (exact) mass is 376 g/mol. The minimum Gasteiger partial charge on any atom is -0.444 e. The second-order valence-electron chi connectivity index (χ2n) is 8.55. The molecule has 1 aromatic rings. The van der Waals surface area contributed by atoms with Gasteiger partial charge in [-0.1, -0.05) is 0 Å². The topological polar surface area (TPSA) is 60.9 Å². The van der Waals surface area contributed by atoms with Crippen molar-refractivity contribution >= 4 is 6.09 Å². The van der Waals surface area contributed by atoms with Crippen LogP contribution in [0.25, 0.3) is 0 Å². The predicted molar refractivity (Wildman–Crippen MR) is 102 cm³/mol. The third-order valence-corrected chi connectivity index (χ3v) is 5.28. The van der Waals surface area contributed by atoms with E-state index in [1.54, 1.807) is 17.3 Å². The molecule has 2 saturated heterocycles. The Kier molecular flexibility index (Phi) is 6.06. The van der Waals surface area contributed by atoms with Crippen LogP contribution >= 0.6 is 0 Å². The van der Waals surface area contributed by atoms with Crippen molar-refractivity contribution < 1.29 is 19.0 Å². The zero-order chi connectivity index (χ0) is 19.5. The Hall–Kier alpha value is -1.66. The second kappa shape index (κ2) is 8.15. The molecular formula is C21H32N2O4. The van der Waals surface area contributed by atoms with E-state index in [1.807, 2.05) is 39.8 Å². The number of carbonyl (C=O) groups is 1. The number of carbonyl (C=O) groups excluding carboxylic acids is 1. The van der Waals surface area contributed by atoms with E-state index in [2.05, 4.69) is 4.98 Å². The Morgan fingerprint density at radius 1 is 1.30 bits per heavy atom. The average Bonchev–Trinajstić information content (AvgIpc) is 2.61. The van der Waals surface area contributed by atoms with Crippen LogP contribution in [0.5, 0.6) is 0 Å². The fourth-order valence-electron chi connectivity index (χ4n) is 4.03. The lowest BCUT2D eigenvalue weighted by Gasteiger charge is -2.48. The van der Waals surface area contributed by atoms with Crippen LogP contribution in [-0.2, 0) is 14.2 Å². The third kappa shape index (κ3) is 5.20. The van der Waals surface area contributed by atoms with Crippen molar-refractivity contribution in [3.8, 4) is 0 Å². The molecule has 2 aliphatic rings. The molecule has 1 amide bonds. The maximum atomic E-state index is 12.4. The van der Waals surface area contributed by atoms with Crippen LogP contribution in [0, 0.1) is 0 Å². The molecule has 2 atom stereocenters. The molecule has 3 rings (SSSR count). The van der Waals surface area contributed by atoms with Gasteiger partial charge in [0.2, 0.25) is 0 Å². The van der Waals surface area contributed by atoms with Crippen LogP contribution in [0.4, 0.5) is 4.79 Å². The minimum absolute atomic E-state index is 0.00590. The Morgan fingerprint density at radius 2 is 1.96 bits per heavy atom. The Morgan fingerprint density at radius 3 is 2.56 bits per heavy atom. The summed E-state index contributed by atoms with van der Waals surface area (Å²) >= 11 is 0. The van der Waals surface area contributed by atoms with Crippen molar-refractivity contribution in [1.29, 1.82) is 0 Å². The van der Waals surface area contributed by atoms with Gasteiger partial charge in [-0.15, -0.1) is 0 Å². The highest BCUT2D eigenvalue weighted by molar-refractivity contribution is 5.68. The van der Waals surface area contributed by atoms with Crippen molar-refractivity contribution in [1.82, 2.24) is 9.88 Å². The molecular weight excluding hydrogens is 344 g/mol. The molecule has 0 aromatic carbocycles. The highest BCUT2D eigenvalue weighted by Gasteiger charge is 2.45. The third-order valence-electron chi connectivity index (χ3n) is 5.28. The molecule has 0 unspecified atom stereocenters. The molecule has 2 fully saturated rings. The largest absolute Gasteiger partial charge is 0.444 e. The summed E-state index contributed by atoms with van der Waals surface area (Å²) < 4.78 is 18.1. The lowest BCUT2D eigenvalue weighted by molar-refractivity contribution is -0.191. The molecule has 0 bridgehead atoms. The second-order valence-corrected chi connectivity index (χ2v) is 8.55. The highest BCUT2D eigenvalue weighted by atomic mass is 16.6. The van der Waals surface area contributed by atoms with Crippen molar-refractivity contribution in [2.45, 2.75) is 76.8 Å². The number of ether oxygens (including phenoxy) is 3. The van der Waals surface area contributed by atoms with Crippen LogP contribution in [0.15, 0.2) is 24.5 Å². The first-order valence-corrected chi connectivity index (χ1v) is 9.97. The number of likely N-dealkylation sites (tertiary alicyclic amines) is 1. The quantitative estimate of drug-likeness (QED) is 0.794.